The lowest BCUT2D eigenvalue weighted by Gasteiger charge is -2.11. The van der Waals surface area contributed by atoms with Gasteiger partial charge in [0.25, 0.3) is 0 Å². The Morgan fingerprint density at radius 3 is 2.57 bits per heavy atom. The van der Waals surface area contributed by atoms with Crippen LogP contribution >= 0.6 is 0 Å². The van der Waals surface area contributed by atoms with Crippen molar-refractivity contribution < 1.29 is 27.4 Å². The maximum Gasteiger partial charge on any atom is 0.573 e. The number of rotatable bonds is 2. The van der Waals surface area contributed by atoms with Crippen molar-refractivity contribution >= 4 is 5.97 Å². The Labute approximate surface area is 129 Å². The summed E-state index contributed by atoms with van der Waals surface area (Å²) in [5.74, 6) is 3.94. The molecule has 2 rings (SSSR count). The van der Waals surface area contributed by atoms with E-state index in [1.807, 2.05) is 0 Å². The third kappa shape index (κ3) is 4.74. The number of esters is 1. The molecule has 0 N–H and O–H groups in total. The zero-order valence-electron chi connectivity index (χ0n) is 11.8. The summed E-state index contributed by atoms with van der Waals surface area (Å²) in [6, 6.07) is 8.32. The third-order valence-electron chi connectivity index (χ3n) is 2.62. The molecule has 0 saturated carbocycles. The van der Waals surface area contributed by atoms with Gasteiger partial charge < -0.3 is 9.47 Å². The van der Waals surface area contributed by atoms with Crippen molar-refractivity contribution in [2.24, 2.45) is 0 Å². The van der Waals surface area contributed by atoms with Gasteiger partial charge in [0, 0.05) is 6.20 Å². The Kier molecular flexibility index (Phi) is 4.86. The molecule has 7 heteroatoms. The highest BCUT2D eigenvalue weighted by Crippen LogP contribution is 2.27. The fourth-order valence-electron chi connectivity index (χ4n) is 1.65. The second kappa shape index (κ2) is 6.83. The van der Waals surface area contributed by atoms with E-state index in [-0.39, 0.29) is 11.1 Å². The molecule has 1 aromatic carbocycles. The van der Waals surface area contributed by atoms with Crippen LogP contribution in [0, 0.1) is 11.8 Å². The number of methoxy groups -OCH3 is 1. The number of nitrogens with zero attached hydrogens (tertiary/aromatic N) is 1. The molecule has 0 fully saturated rings. The Morgan fingerprint density at radius 2 is 1.96 bits per heavy atom. The molecule has 0 aliphatic rings. The van der Waals surface area contributed by atoms with Crippen LogP contribution in [0.1, 0.15) is 21.6 Å². The number of alkyl halides is 3. The Hall–Kier alpha value is -3.01. The molecular formula is C16H10F3NO3. The number of carbonyl (C=O) groups excluding carboxylic acids is 1. The molecule has 23 heavy (non-hydrogen) atoms. The monoisotopic (exact) mass is 321 g/mol. The molecule has 4 nitrogen and oxygen atoms in total. The molecule has 0 aliphatic carbocycles. The highest BCUT2D eigenvalue weighted by Gasteiger charge is 2.32. The number of carbonyl (C=O) groups is 1. The van der Waals surface area contributed by atoms with Gasteiger partial charge in [0.1, 0.15) is 11.4 Å². The first-order valence-electron chi connectivity index (χ1n) is 6.30. The topological polar surface area (TPSA) is 48.4 Å². The molecule has 0 amide bonds. The quantitative estimate of drug-likeness (QED) is 0.630. The van der Waals surface area contributed by atoms with Crippen LogP contribution in [0.5, 0.6) is 5.75 Å². The number of aromatic nitrogens is 1. The normalized spacial score (nSPS) is 10.4. The van der Waals surface area contributed by atoms with Crippen molar-refractivity contribution in [3.8, 4) is 17.6 Å². The molecule has 0 aliphatic heterocycles. The summed E-state index contributed by atoms with van der Waals surface area (Å²) < 4.78 is 45.8. The van der Waals surface area contributed by atoms with E-state index in [4.69, 9.17) is 0 Å². The average molecular weight is 321 g/mol. The van der Waals surface area contributed by atoms with Gasteiger partial charge in [-0.25, -0.2) is 9.78 Å². The van der Waals surface area contributed by atoms with Crippen molar-refractivity contribution in [2.45, 2.75) is 6.36 Å². The summed E-state index contributed by atoms with van der Waals surface area (Å²) in [7, 11) is 1.17. The van der Waals surface area contributed by atoms with Gasteiger partial charge >= 0.3 is 12.3 Å². The molecule has 1 aromatic heterocycles. The first kappa shape index (κ1) is 16.4. The minimum atomic E-state index is -4.87. The zero-order chi connectivity index (χ0) is 16.9. The molecule has 2 aromatic rings. The predicted molar refractivity (Wildman–Crippen MR) is 74.7 cm³/mol. The Balaban J connectivity index is 2.44. The molecule has 0 saturated heterocycles. The van der Waals surface area contributed by atoms with Crippen LogP contribution in [0.15, 0.2) is 42.6 Å². The average Bonchev–Trinajstić information content (AvgIpc) is 2.52. The van der Waals surface area contributed by atoms with E-state index in [9.17, 15) is 18.0 Å². The van der Waals surface area contributed by atoms with Gasteiger partial charge in [0.15, 0.2) is 0 Å². The lowest BCUT2D eigenvalue weighted by atomic mass is 10.1. The minimum absolute atomic E-state index is 0.0624. The van der Waals surface area contributed by atoms with Crippen molar-refractivity contribution in [3.63, 3.8) is 0 Å². The predicted octanol–water partition coefficient (Wildman–Crippen LogP) is 3.17. The van der Waals surface area contributed by atoms with Gasteiger partial charge in [-0.15, -0.1) is 13.2 Å². The second-order valence-corrected chi connectivity index (χ2v) is 4.22. The number of ether oxygens (including phenoxy) is 2. The Bertz CT molecular complexity index is 762. The molecule has 118 valence electrons. The number of hydrogen-bond acceptors (Lipinski definition) is 4. The van der Waals surface area contributed by atoms with E-state index < -0.39 is 18.1 Å². The highest BCUT2D eigenvalue weighted by atomic mass is 19.4. The third-order valence-corrected chi connectivity index (χ3v) is 2.62. The summed E-state index contributed by atoms with van der Waals surface area (Å²) in [6.07, 6.45) is -3.36. The standard InChI is InChI=1S/C16H10F3NO3/c1-22-15(21)12-6-8-14(23-16(17,18)19)11(10-12)5-7-13-4-2-3-9-20-13/h2-4,6,8-10H,1H3. The van der Waals surface area contributed by atoms with E-state index in [2.05, 4.69) is 26.3 Å². The Morgan fingerprint density at radius 1 is 1.17 bits per heavy atom. The molecule has 0 bridgehead atoms. The molecule has 0 spiro atoms. The van der Waals surface area contributed by atoms with Crippen molar-refractivity contribution in [1.29, 1.82) is 0 Å². The van der Waals surface area contributed by atoms with Gasteiger partial charge in [-0.05, 0) is 36.3 Å². The summed E-state index contributed by atoms with van der Waals surface area (Å²) in [6.45, 7) is 0. The summed E-state index contributed by atoms with van der Waals surface area (Å²) in [5, 5.41) is 0. The second-order valence-electron chi connectivity index (χ2n) is 4.22. The van der Waals surface area contributed by atoms with Crippen molar-refractivity contribution in [1.82, 2.24) is 4.98 Å². The molecule has 0 unspecified atom stereocenters. The summed E-state index contributed by atoms with van der Waals surface area (Å²) in [5.41, 5.74) is 0.331. The number of benzene rings is 1. The SMILES string of the molecule is COC(=O)c1ccc(OC(F)(F)F)c(C#Cc2ccccn2)c1. The van der Waals surface area contributed by atoms with Gasteiger partial charge in [-0.3, -0.25) is 0 Å². The molecule has 0 atom stereocenters. The maximum absolute atomic E-state index is 12.4. The van der Waals surface area contributed by atoms with Gasteiger partial charge in [-0.2, -0.15) is 0 Å². The number of hydrogen-bond donors (Lipinski definition) is 0. The lowest BCUT2D eigenvalue weighted by molar-refractivity contribution is -0.274. The molecule has 0 radical (unpaired) electrons. The van der Waals surface area contributed by atoms with Crippen LogP contribution in [0.25, 0.3) is 0 Å². The zero-order valence-corrected chi connectivity index (χ0v) is 11.8. The first-order chi connectivity index (χ1) is 10.9. The van der Waals surface area contributed by atoms with Crippen LogP contribution < -0.4 is 4.74 Å². The van der Waals surface area contributed by atoms with E-state index in [0.717, 1.165) is 6.07 Å². The number of pyridine rings is 1. The smallest absolute Gasteiger partial charge is 0.465 e. The summed E-state index contributed by atoms with van der Waals surface area (Å²) >= 11 is 0. The van der Waals surface area contributed by atoms with E-state index in [0.29, 0.717) is 5.69 Å². The lowest BCUT2D eigenvalue weighted by Crippen LogP contribution is -2.18. The molecular weight excluding hydrogens is 311 g/mol. The van der Waals surface area contributed by atoms with E-state index in [1.54, 1.807) is 18.2 Å². The van der Waals surface area contributed by atoms with Crippen LogP contribution in [0.4, 0.5) is 13.2 Å². The fourth-order valence-corrected chi connectivity index (χ4v) is 1.65. The summed E-state index contributed by atoms with van der Waals surface area (Å²) in [4.78, 5) is 15.4. The highest BCUT2D eigenvalue weighted by molar-refractivity contribution is 5.90. The largest absolute Gasteiger partial charge is 0.573 e. The fraction of sp³-hybridized carbons (Fsp3) is 0.125. The van der Waals surface area contributed by atoms with Crippen LogP contribution in [-0.2, 0) is 4.74 Å². The van der Waals surface area contributed by atoms with Crippen LogP contribution in [0.2, 0.25) is 0 Å². The van der Waals surface area contributed by atoms with Gasteiger partial charge in [0.2, 0.25) is 0 Å². The van der Waals surface area contributed by atoms with E-state index in [1.165, 1.54) is 25.4 Å². The minimum Gasteiger partial charge on any atom is -0.465 e. The first-order valence-corrected chi connectivity index (χ1v) is 6.30. The van der Waals surface area contributed by atoms with Crippen LogP contribution in [0.3, 0.4) is 0 Å². The number of halogens is 3. The maximum atomic E-state index is 12.4. The van der Waals surface area contributed by atoms with Gasteiger partial charge in [0.05, 0.1) is 18.2 Å². The van der Waals surface area contributed by atoms with Crippen molar-refractivity contribution in [3.05, 3.63) is 59.4 Å². The van der Waals surface area contributed by atoms with E-state index >= 15 is 0 Å². The molecule has 1 heterocycles. The van der Waals surface area contributed by atoms with Crippen molar-refractivity contribution in [2.75, 3.05) is 7.11 Å². The van der Waals surface area contributed by atoms with Crippen LogP contribution in [-0.4, -0.2) is 24.4 Å². The van der Waals surface area contributed by atoms with Gasteiger partial charge in [-0.1, -0.05) is 12.0 Å².